The molecule has 0 radical (unpaired) electrons. The van der Waals surface area contributed by atoms with Crippen LogP contribution >= 0.6 is 0 Å². The lowest BCUT2D eigenvalue weighted by Crippen LogP contribution is -2.62. The predicted octanol–water partition coefficient (Wildman–Crippen LogP) is 6.44. The Labute approximate surface area is 251 Å². The quantitative estimate of drug-likeness (QED) is 0.287. The first kappa shape index (κ1) is 33.4. The molecule has 4 aliphatic rings. The van der Waals surface area contributed by atoms with E-state index in [-0.39, 0.29) is 46.8 Å². The number of aliphatic hydroxyl groups excluding tert-OH is 2. The third kappa shape index (κ3) is 6.09. The van der Waals surface area contributed by atoms with Gasteiger partial charge in [-0.2, -0.15) is 4.31 Å². The van der Waals surface area contributed by atoms with E-state index in [1.807, 2.05) is 27.7 Å². The summed E-state index contributed by atoms with van der Waals surface area (Å²) in [6, 6.07) is -0.320. The molecule has 0 aromatic carbocycles. The number of nitrogens with zero attached hydrogens (tertiary/aromatic N) is 1. The molecule has 4 rings (SSSR count). The van der Waals surface area contributed by atoms with Gasteiger partial charge in [0.15, 0.2) is 0 Å². The largest absolute Gasteiger partial charge is 0.393 e. The number of fused-ring (bicyclic) bond motifs is 5. The van der Waals surface area contributed by atoms with Crippen molar-refractivity contribution in [1.82, 2.24) is 4.31 Å². The second kappa shape index (κ2) is 12.5. The number of hydrogen-bond acceptors (Lipinski definition) is 5. The van der Waals surface area contributed by atoms with Crippen LogP contribution in [0.5, 0.6) is 0 Å². The van der Waals surface area contributed by atoms with Crippen LogP contribution in [0.3, 0.4) is 0 Å². The molecule has 4 aliphatic carbocycles. The second-order valence-corrected chi connectivity index (χ2v) is 17.7. The molecule has 7 heteroatoms. The topological polar surface area (TPSA) is 94.9 Å². The van der Waals surface area contributed by atoms with Crippen molar-refractivity contribution in [3.8, 4) is 0 Å². The zero-order chi connectivity index (χ0) is 30.5. The van der Waals surface area contributed by atoms with Crippen LogP contribution < -0.4 is 0 Å². The molecule has 0 heterocycles. The van der Waals surface area contributed by atoms with Crippen molar-refractivity contribution < 1.29 is 23.4 Å². The van der Waals surface area contributed by atoms with Crippen molar-refractivity contribution >= 4 is 15.8 Å². The molecule has 2 N–H and O–H groups in total. The van der Waals surface area contributed by atoms with Crippen molar-refractivity contribution in [2.75, 3.05) is 5.75 Å². The summed E-state index contributed by atoms with van der Waals surface area (Å²) in [5.74, 6) is 2.62. The molecular formula is C34H61NO5S. The molecule has 0 aromatic heterocycles. The van der Waals surface area contributed by atoms with Gasteiger partial charge in [-0.05, 0) is 131 Å². The zero-order valence-corrected chi connectivity index (χ0v) is 28.1. The third-order valence-electron chi connectivity index (χ3n) is 12.9. The number of hydrogen-bond donors (Lipinski definition) is 2. The average Bonchev–Trinajstić information content (AvgIpc) is 3.21. The lowest BCUT2D eigenvalue weighted by Gasteiger charge is -2.64. The molecule has 0 amide bonds. The average molecular weight is 596 g/mol. The number of carbonyl (C=O) groups excluding carboxylic acids is 1. The van der Waals surface area contributed by atoms with E-state index in [9.17, 15) is 23.4 Å². The number of aliphatic hydroxyl groups is 2. The Balaban J connectivity index is 1.40. The molecule has 41 heavy (non-hydrogen) atoms. The summed E-state index contributed by atoms with van der Waals surface area (Å²) < 4.78 is 27.3. The fraction of sp³-hybridized carbons (Fsp3) is 0.971. The van der Waals surface area contributed by atoms with E-state index in [0.717, 1.165) is 38.5 Å². The fourth-order valence-electron chi connectivity index (χ4n) is 11.3. The maximum absolute atomic E-state index is 12.9. The molecule has 0 aliphatic heterocycles. The van der Waals surface area contributed by atoms with Crippen molar-refractivity contribution in [1.29, 1.82) is 0 Å². The summed E-state index contributed by atoms with van der Waals surface area (Å²) in [7, 11) is -3.61. The Bertz CT molecular complexity index is 1020. The van der Waals surface area contributed by atoms with Crippen LogP contribution in [0.1, 0.15) is 126 Å². The summed E-state index contributed by atoms with van der Waals surface area (Å²) in [4.78, 5) is 12.8. The maximum atomic E-state index is 12.9. The van der Waals surface area contributed by atoms with E-state index >= 15 is 0 Å². The Hall–Kier alpha value is -0.500. The smallest absolute Gasteiger partial charge is 0.221 e. The molecule has 4 saturated carbocycles. The zero-order valence-electron chi connectivity index (χ0n) is 27.3. The monoisotopic (exact) mass is 595 g/mol. The van der Waals surface area contributed by atoms with Gasteiger partial charge in [0.05, 0.1) is 12.2 Å². The fourth-order valence-corrected chi connectivity index (χ4v) is 13.3. The van der Waals surface area contributed by atoms with Gasteiger partial charge in [0.1, 0.15) is 11.5 Å². The highest BCUT2D eigenvalue weighted by Gasteiger charge is 2.64. The summed E-state index contributed by atoms with van der Waals surface area (Å²) in [6.45, 7) is 17.0. The Morgan fingerprint density at radius 3 is 2.12 bits per heavy atom. The number of carbonyl (C=O) groups is 1. The van der Waals surface area contributed by atoms with Crippen LogP contribution in [-0.4, -0.2) is 58.8 Å². The van der Waals surface area contributed by atoms with E-state index in [1.54, 1.807) is 0 Å². The van der Waals surface area contributed by atoms with Crippen molar-refractivity contribution in [3.05, 3.63) is 0 Å². The van der Waals surface area contributed by atoms with Crippen molar-refractivity contribution in [2.24, 2.45) is 52.3 Å². The Morgan fingerprint density at radius 2 is 1.51 bits per heavy atom. The van der Waals surface area contributed by atoms with Gasteiger partial charge in [0.2, 0.25) is 10.0 Å². The molecule has 0 unspecified atom stereocenters. The molecule has 0 aromatic rings. The summed E-state index contributed by atoms with van der Waals surface area (Å²) in [5.41, 5.74) is 0.426. The number of Topliss-reactive ketones (excluding diaryl/α,β-unsaturated/α-hetero) is 1. The SMILES string of the molecule is CC[C@H]1[C@@H](O)[C@@H]2[C@H](CC[C@]3(C)[C@@H]([C@H](C)CCCC(=O)CS(=O)(=O)N(C(C)C)C(C)C)CC[C@@H]23)[C@@]2(C)CC[C@@H](O)C[C@@H]12. The highest BCUT2D eigenvalue weighted by molar-refractivity contribution is 7.89. The minimum absolute atomic E-state index is 0.160. The lowest BCUT2D eigenvalue weighted by atomic mass is 9.41. The van der Waals surface area contributed by atoms with Crippen LogP contribution in [0, 0.1) is 52.3 Å². The lowest BCUT2D eigenvalue weighted by molar-refractivity contribution is -0.203. The van der Waals surface area contributed by atoms with E-state index < -0.39 is 15.8 Å². The van der Waals surface area contributed by atoms with Gasteiger partial charge >= 0.3 is 0 Å². The highest BCUT2D eigenvalue weighted by atomic mass is 32.2. The van der Waals surface area contributed by atoms with Gasteiger partial charge in [-0.1, -0.05) is 40.5 Å². The molecule has 11 atom stereocenters. The summed E-state index contributed by atoms with van der Waals surface area (Å²) in [6.07, 6.45) is 10.1. The molecule has 6 nitrogen and oxygen atoms in total. The van der Waals surface area contributed by atoms with Crippen LogP contribution in [0.4, 0.5) is 0 Å². The predicted molar refractivity (Wildman–Crippen MR) is 166 cm³/mol. The van der Waals surface area contributed by atoms with Crippen LogP contribution in [0.15, 0.2) is 0 Å². The minimum Gasteiger partial charge on any atom is -0.393 e. The number of ketones is 1. The van der Waals surface area contributed by atoms with E-state index in [0.29, 0.717) is 41.9 Å². The van der Waals surface area contributed by atoms with Gasteiger partial charge in [-0.3, -0.25) is 4.79 Å². The third-order valence-corrected chi connectivity index (χ3v) is 15.1. The van der Waals surface area contributed by atoms with Gasteiger partial charge in [0.25, 0.3) is 0 Å². The molecule has 4 fully saturated rings. The Morgan fingerprint density at radius 1 is 0.902 bits per heavy atom. The van der Waals surface area contributed by atoms with E-state index in [1.165, 1.54) is 30.0 Å². The van der Waals surface area contributed by atoms with E-state index in [2.05, 4.69) is 27.7 Å². The van der Waals surface area contributed by atoms with Crippen LogP contribution in [0.25, 0.3) is 0 Å². The van der Waals surface area contributed by atoms with Crippen molar-refractivity contribution in [3.63, 3.8) is 0 Å². The van der Waals surface area contributed by atoms with Crippen molar-refractivity contribution in [2.45, 2.75) is 150 Å². The van der Waals surface area contributed by atoms with Crippen LogP contribution in [-0.2, 0) is 14.8 Å². The van der Waals surface area contributed by atoms with Gasteiger partial charge in [0, 0.05) is 18.5 Å². The van der Waals surface area contributed by atoms with Crippen LogP contribution in [0.2, 0.25) is 0 Å². The highest BCUT2D eigenvalue weighted by Crippen LogP contribution is 2.69. The minimum atomic E-state index is -3.61. The van der Waals surface area contributed by atoms with E-state index in [4.69, 9.17) is 0 Å². The molecule has 0 saturated heterocycles. The number of sulfonamides is 1. The van der Waals surface area contributed by atoms with Gasteiger partial charge < -0.3 is 10.2 Å². The van der Waals surface area contributed by atoms with Gasteiger partial charge in [-0.15, -0.1) is 0 Å². The summed E-state index contributed by atoms with van der Waals surface area (Å²) in [5, 5.41) is 22.5. The standard InChI is InChI=1S/C34H61NO5S/c1-9-26-30-19-24(36)15-17-34(30,8)29-16-18-33(7)27(13-14-28(33)31(29)32(26)38)23(6)11-10-12-25(37)20-41(39,40)35(21(2)3)22(4)5/h21-24,26-32,36,38H,9-20H2,1-8H3/t23-,24-,26-,27-,28+,29+,30+,31+,32-,33-,34-/m1/s1. The first-order valence-corrected chi connectivity index (χ1v) is 18.6. The molecule has 238 valence electrons. The second-order valence-electron chi connectivity index (χ2n) is 15.8. The first-order valence-electron chi connectivity index (χ1n) is 17.0. The first-order chi connectivity index (χ1) is 19.1. The number of rotatable bonds is 11. The Kier molecular flexibility index (Phi) is 10.2. The van der Waals surface area contributed by atoms with Gasteiger partial charge in [-0.25, -0.2) is 8.42 Å². The summed E-state index contributed by atoms with van der Waals surface area (Å²) >= 11 is 0. The molecule has 0 spiro atoms. The molecule has 0 bridgehead atoms. The normalized spacial score (nSPS) is 41.8. The maximum Gasteiger partial charge on any atom is 0.221 e. The molecular weight excluding hydrogens is 534 g/mol.